The maximum Gasteiger partial charge on any atom is 0.0702 e. The van der Waals surface area contributed by atoms with E-state index in [2.05, 4.69) is 17.1 Å². The molecule has 0 saturated heterocycles. The fourth-order valence-corrected chi connectivity index (χ4v) is 1.55. The Morgan fingerprint density at radius 3 is 3.17 bits per heavy atom. The van der Waals surface area contributed by atoms with Crippen molar-refractivity contribution in [1.29, 1.82) is 0 Å². The Bertz CT molecular complexity index is 316. The van der Waals surface area contributed by atoms with Crippen molar-refractivity contribution >= 4 is 11.9 Å². The molecule has 0 amide bonds. The van der Waals surface area contributed by atoms with Crippen molar-refractivity contribution in [3.63, 3.8) is 0 Å². The first-order chi connectivity index (χ1) is 5.92. The van der Waals surface area contributed by atoms with Gasteiger partial charge in [-0.2, -0.15) is 0 Å². The molecule has 12 heavy (non-hydrogen) atoms. The van der Waals surface area contributed by atoms with Crippen LogP contribution in [0.15, 0.2) is 23.2 Å². The molecule has 0 saturated carbocycles. The van der Waals surface area contributed by atoms with Crippen molar-refractivity contribution < 1.29 is 0 Å². The van der Waals surface area contributed by atoms with Gasteiger partial charge in [-0.1, -0.05) is 18.2 Å². The van der Waals surface area contributed by atoms with Gasteiger partial charge in [0, 0.05) is 12.8 Å². The number of hydrogen-bond donors (Lipinski definition) is 1. The second-order valence-corrected chi connectivity index (χ2v) is 2.98. The number of fused-ring (bicyclic) bond motifs is 1. The van der Waals surface area contributed by atoms with E-state index in [1.54, 1.807) is 0 Å². The normalized spacial score (nSPS) is 14.4. The van der Waals surface area contributed by atoms with Gasteiger partial charge in [0.1, 0.15) is 0 Å². The van der Waals surface area contributed by atoms with Gasteiger partial charge in [0.2, 0.25) is 0 Å². The van der Waals surface area contributed by atoms with E-state index in [9.17, 15) is 0 Å². The van der Waals surface area contributed by atoms with E-state index in [-0.39, 0.29) is 0 Å². The lowest BCUT2D eigenvalue weighted by molar-refractivity contribution is 0.993. The first-order valence-electron chi connectivity index (χ1n) is 4.25. The average Bonchev–Trinajstić information content (AvgIpc) is 2.17. The van der Waals surface area contributed by atoms with Crippen molar-refractivity contribution in [2.75, 3.05) is 0 Å². The minimum absolute atomic E-state index is 0.584. The Hall–Kier alpha value is -1.15. The highest BCUT2D eigenvalue weighted by Crippen LogP contribution is 2.27. The van der Waals surface area contributed by atoms with Gasteiger partial charge >= 0.3 is 0 Å². The first kappa shape index (κ1) is 7.50. The van der Waals surface area contributed by atoms with Crippen molar-refractivity contribution in [2.45, 2.75) is 19.4 Å². The summed E-state index contributed by atoms with van der Waals surface area (Å²) in [4.78, 5) is 4.36. The number of hydrogen-bond acceptors (Lipinski definition) is 2. The fourth-order valence-electron chi connectivity index (χ4n) is 1.55. The SMILES string of the molecule is NCc1cccc2c1N=CCC2. The van der Waals surface area contributed by atoms with Crippen LogP contribution < -0.4 is 5.73 Å². The molecule has 1 heterocycles. The molecule has 0 spiro atoms. The number of nitrogens with zero attached hydrogens (tertiary/aromatic N) is 1. The maximum absolute atomic E-state index is 5.60. The Labute approximate surface area is 72.1 Å². The number of aliphatic imine (C=N–C) groups is 1. The number of aryl methyl sites for hydroxylation is 1. The molecule has 2 rings (SSSR count). The summed E-state index contributed by atoms with van der Waals surface area (Å²) in [5, 5.41) is 0. The van der Waals surface area contributed by atoms with Crippen LogP contribution in [0, 0.1) is 0 Å². The van der Waals surface area contributed by atoms with Crippen LogP contribution >= 0.6 is 0 Å². The Morgan fingerprint density at radius 2 is 2.33 bits per heavy atom. The van der Waals surface area contributed by atoms with Gasteiger partial charge in [-0.15, -0.1) is 0 Å². The fraction of sp³-hybridized carbons (Fsp3) is 0.300. The van der Waals surface area contributed by atoms with Crippen molar-refractivity contribution in [3.05, 3.63) is 29.3 Å². The molecule has 62 valence electrons. The molecule has 1 aromatic rings. The minimum atomic E-state index is 0.584. The van der Waals surface area contributed by atoms with Crippen LogP contribution in [-0.2, 0) is 13.0 Å². The molecule has 0 radical (unpaired) electrons. The zero-order valence-electron chi connectivity index (χ0n) is 6.96. The lowest BCUT2D eigenvalue weighted by Gasteiger charge is -2.12. The summed E-state index contributed by atoms with van der Waals surface area (Å²) in [6.07, 6.45) is 4.13. The molecule has 0 aromatic heterocycles. The van der Waals surface area contributed by atoms with E-state index in [4.69, 9.17) is 5.73 Å². The molecule has 1 aromatic carbocycles. The third-order valence-corrected chi connectivity index (χ3v) is 2.19. The lowest BCUT2D eigenvalue weighted by Crippen LogP contribution is -2.01. The van der Waals surface area contributed by atoms with Crippen LogP contribution in [-0.4, -0.2) is 6.21 Å². The first-order valence-corrected chi connectivity index (χ1v) is 4.25. The molecular formula is C10H12N2. The average molecular weight is 160 g/mol. The van der Waals surface area contributed by atoms with Gasteiger partial charge in [-0.05, 0) is 24.0 Å². The molecule has 2 nitrogen and oxygen atoms in total. The third-order valence-electron chi connectivity index (χ3n) is 2.19. The summed E-state index contributed by atoms with van der Waals surface area (Å²) in [5.74, 6) is 0. The van der Waals surface area contributed by atoms with Crippen molar-refractivity contribution in [2.24, 2.45) is 10.7 Å². The summed E-state index contributed by atoms with van der Waals surface area (Å²) < 4.78 is 0. The molecule has 0 fully saturated rings. The summed E-state index contributed by atoms with van der Waals surface area (Å²) in [6.45, 7) is 0.584. The Balaban J connectivity index is 2.54. The zero-order chi connectivity index (χ0) is 8.39. The number of benzene rings is 1. The summed E-state index contributed by atoms with van der Waals surface area (Å²) >= 11 is 0. The van der Waals surface area contributed by atoms with Gasteiger partial charge in [0.15, 0.2) is 0 Å². The van der Waals surface area contributed by atoms with Crippen molar-refractivity contribution in [1.82, 2.24) is 0 Å². The largest absolute Gasteiger partial charge is 0.326 e. The number of rotatable bonds is 1. The Kier molecular flexibility index (Phi) is 1.92. The monoisotopic (exact) mass is 160 g/mol. The highest BCUT2D eigenvalue weighted by Gasteiger charge is 2.07. The molecule has 0 unspecified atom stereocenters. The van der Waals surface area contributed by atoms with Gasteiger partial charge in [0.25, 0.3) is 0 Å². The third kappa shape index (κ3) is 1.14. The number of nitrogens with two attached hydrogens (primary N) is 1. The van der Waals surface area contributed by atoms with E-state index >= 15 is 0 Å². The van der Waals surface area contributed by atoms with Gasteiger partial charge in [-0.25, -0.2) is 0 Å². The molecule has 2 heteroatoms. The molecule has 0 aliphatic carbocycles. The van der Waals surface area contributed by atoms with Gasteiger partial charge in [-0.3, -0.25) is 4.99 Å². The topological polar surface area (TPSA) is 38.4 Å². The van der Waals surface area contributed by atoms with Crippen LogP contribution in [0.25, 0.3) is 0 Å². The molecular weight excluding hydrogens is 148 g/mol. The summed E-state index contributed by atoms with van der Waals surface area (Å²) in [7, 11) is 0. The highest BCUT2D eigenvalue weighted by atomic mass is 14.7. The molecule has 0 bridgehead atoms. The Morgan fingerprint density at radius 1 is 1.42 bits per heavy atom. The quantitative estimate of drug-likeness (QED) is 0.668. The standard InChI is InChI=1S/C10H12N2/c11-7-9-4-1-3-8-5-2-6-12-10(8)9/h1,3-4,6H,2,5,7,11H2. The second kappa shape index (κ2) is 3.07. The van der Waals surface area contributed by atoms with Crippen LogP contribution in [0.3, 0.4) is 0 Å². The van der Waals surface area contributed by atoms with Gasteiger partial charge < -0.3 is 5.73 Å². The van der Waals surface area contributed by atoms with Crippen LogP contribution in [0.5, 0.6) is 0 Å². The summed E-state index contributed by atoms with van der Waals surface area (Å²) in [5.41, 5.74) is 9.19. The lowest BCUT2D eigenvalue weighted by atomic mass is 10.0. The zero-order valence-corrected chi connectivity index (χ0v) is 6.96. The van der Waals surface area contributed by atoms with Crippen LogP contribution in [0.1, 0.15) is 17.5 Å². The van der Waals surface area contributed by atoms with E-state index in [1.165, 1.54) is 5.56 Å². The van der Waals surface area contributed by atoms with E-state index < -0.39 is 0 Å². The van der Waals surface area contributed by atoms with E-state index in [1.807, 2.05) is 12.3 Å². The molecule has 2 N–H and O–H groups in total. The smallest absolute Gasteiger partial charge is 0.0702 e. The minimum Gasteiger partial charge on any atom is -0.326 e. The maximum atomic E-state index is 5.60. The van der Waals surface area contributed by atoms with Crippen molar-refractivity contribution in [3.8, 4) is 0 Å². The van der Waals surface area contributed by atoms with E-state index in [0.29, 0.717) is 6.54 Å². The summed E-state index contributed by atoms with van der Waals surface area (Å²) in [6, 6.07) is 6.23. The van der Waals surface area contributed by atoms with Gasteiger partial charge in [0.05, 0.1) is 5.69 Å². The molecule has 1 aliphatic rings. The predicted molar refractivity (Wildman–Crippen MR) is 50.8 cm³/mol. The van der Waals surface area contributed by atoms with Crippen LogP contribution in [0.4, 0.5) is 5.69 Å². The highest BCUT2D eigenvalue weighted by molar-refractivity contribution is 5.70. The molecule has 0 atom stereocenters. The molecule has 1 aliphatic heterocycles. The number of para-hydroxylation sites is 1. The predicted octanol–water partition coefficient (Wildman–Crippen LogP) is 1.79. The van der Waals surface area contributed by atoms with E-state index in [0.717, 1.165) is 24.1 Å². The second-order valence-electron chi connectivity index (χ2n) is 2.98. The van der Waals surface area contributed by atoms with Crippen LogP contribution in [0.2, 0.25) is 0 Å².